The summed E-state index contributed by atoms with van der Waals surface area (Å²) in [5.74, 6) is 0.326. The van der Waals surface area contributed by atoms with Crippen LogP contribution in [0.2, 0.25) is 0 Å². The second-order valence-electron chi connectivity index (χ2n) is 3.54. The van der Waals surface area contributed by atoms with Gasteiger partial charge in [0.05, 0.1) is 10.0 Å². The molecule has 0 aromatic heterocycles. The Morgan fingerprint density at radius 3 is 2.56 bits per heavy atom. The summed E-state index contributed by atoms with van der Waals surface area (Å²) in [6.07, 6.45) is 0. The number of nitrogens with two attached hydrogens (primary N) is 1. The molecule has 2 aromatic rings. The molecule has 0 amide bonds. The molecule has 0 atom stereocenters. The van der Waals surface area contributed by atoms with Gasteiger partial charge in [-0.25, -0.2) is 4.39 Å². The molecule has 2 aromatic carbocycles. The molecule has 0 saturated carbocycles. The van der Waals surface area contributed by atoms with E-state index in [0.717, 1.165) is 6.07 Å². The summed E-state index contributed by atoms with van der Waals surface area (Å²) >= 11 is 3.30. The highest BCUT2D eigenvalue weighted by atomic mass is 79.9. The Morgan fingerprint density at radius 2 is 1.89 bits per heavy atom. The summed E-state index contributed by atoms with van der Waals surface area (Å²) in [4.78, 5) is 0. The highest BCUT2D eigenvalue weighted by Gasteiger charge is 2.08. The molecule has 0 unspecified atom stereocenters. The second-order valence-corrected chi connectivity index (χ2v) is 4.40. The third kappa shape index (κ3) is 2.60. The van der Waals surface area contributed by atoms with E-state index in [-0.39, 0.29) is 5.56 Å². The quantitative estimate of drug-likeness (QED) is 0.858. The van der Waals surface area contributed by atoms with Crippen molar-refractivity contribution in [3.8, 4) is 17.6 Å². The largest absolute Gasteiger partial charge is 0.455 e. The van der Waals surface area contributed by atoms with E-state index in [1.807, 2.05) is 6.07 Å². The highest BCUT2D eigenvalue weighted by molar-refractivity contribution is 9.10. The first-order valence-corrected chi connectivity index (χ1v) is 5.82. The lowest BCUT2D eigenvalue weighted by Gasteiger charge is -2.09. The maximum atomic E-state index is 13.0. The number of nitrogen functional groups attached to an aromatic ring is 1. The van der Waals surface area contributed by atoms with Gasteiger partial charge in [0.1, 0.15) is 23.4 Å². The first kappa shape index (κ1) is 12.4. The van der Waals surface area contributed by atoms with Gasteiger partial charge in [0.25, 0.3) is 0 Å². The third-order valence-electron chi connectivity index (χ3n) is 2.24. The summed E-state index contributed by atoms with van der Waals surface area (Å²) in [5, 5.41) is 8.91. The van der Waals surface area contributed by atoms with Gasteiger partial charge in [-0.1, -0.05) is 0 Å². The van der Waals surface area contributed by atoms with Crippen LogP contribution in [0.15, 0.2) is 40.9 Å². The van der Waals surface area contributed by atoms with Gasteiger partial charge in [-0.2, -0.15) is 5.26 Å². The predicted molar refractivity (Wildman–Crippen MR) is 69.7 cm³/mol. The molecule has 0 heterocycles. The molecule has 0 fully saturated rings. The zero-order chi connectivity index (χ0) is 13.1. The van der Waals surface area contributed by atoms with Crippen molar-refractivity contribution in [2.45, 2.75) is 0 Å². The third-order valence-corrected chi connectivity index (χ3v) is 2.86. The van der Waals surface area contributed by atoms with E-state index >= 15 is 0 Å². The lowest BCUT2D eigenvalue weighted by molar-refractivity contribution is 0.476. The van der Waals surface area contributed by atoms with E-state index in [0.29, 0.717) is 21.7 Å². The van der Waals surface area contributed by atoms with Gasteiger partial charge >= 0.3 is 0 Å². The number of benzene rings is 2. The van der Waals surface area contributed by atoms with E-state index in [4.69, 9.17) is 15.7 Å². The Balaban J connectivity index is 2.37. The summed E-state index contributed by atoms with van der Waals surface area (Å²) in [7, 11) is 0. The summed E-state index contributed by atoms with van der Waals surface area (Å²) < 4.78 is 19.2. The lowest BCUT2D eigenvalue weighted by Crippen LogP contribution is -1.91. The van der Waals surface area contributed by atoms with Crippen LogP contribution >= 0.6 is 15.9 Å². The fourth-order valence-electron chi connectivity index (χ4n) is 1.40. The van der Waals surface area contributed by atoms with Crippen LogP contribution in [0.25, 0.3) is 0 Å². The number of anilines is 1. The van der Waals surface area contributed by atoms with E-state index < -0.39 is 5.82 Å². The van der Waals surface area contributed by atoms with Crippen molar-refractivity contribution in [1.82, 2.24) is 0 Å². The fourth-order valence-corrected chi connectivity index (χ4v) is 1.87. The molecule has 2 N–H and O–H groups in total. The van der Waals surface area contributed by atoms with E-state index in [2.05, 4.69) is 15.9 Å². The average molecular weight is 307 g/mol. The Morgan fingerprint density at radius 1 is 1.17 bits per heavy atom. The number of rotatable bonds is 2. The zero-order valence-corrected chi connectivity index (χ0v) is 10.7. The Bertz CT molecular complexity index is 637. The van der Waals surface area contributed by atoms with Crippen molar-refractivity contribution >= 4 is 21.6 Å². The van der Waals surface area contributed by atoms with Gasteiger partial charge in [0, 0.05) is 5.69 Å². The normalized spacial score (nSPS) is 9.83. The Kier molecular flexibility index (Phi) is 3.49. The maximum absolute atomic E-state index is 13.0. The van der Waals surface area contributed by atoms with Gasteiger partial charge in [-0.05, 0) is 52.3 Å². The van der Waals surface area contributed by atoms with Crippen molar-refractivity contribution < 1.29 is 9.13 Å². The molecule has 0 saturated heterocycles. The molecule has 18 heavy (non-hydrogen) atoms. The topological polar surface area (TPSA) is 59.0 Å². The summed E-state index contributed by atoms with van der Waals surface area (Å²) in [6.45, 7) is 0. The van der Waals surface area contributed by atoms with Crippen LogP contribution < -0.4 is 10.5 Å². The number of hydrogen-bond donors (Lipinski definition) is 1. The van der Waals surface area contributed by atoms with Crippen LogP contribution in [0.3, 0.4) is 0 Å². The SMILES string of the molecule is N#Cc1cc(F)ccc1Oc1ccc(N)cc1Br. The molecule has 0 bridgehead atoms. The van der Waals surface area contributed by atoms with Crippen LogP contribution in [-0.4, -0.2) is 0 Å². The number of nitrogens with zero attached hydrogens (tertiary/aromatic N) is 1. The van der Waals surface area contributed by atoms with Crippen molar-refractivity contribution in [2.24, 2.45) is 0 Å². The van der Waals surface area contributed by atoms with Gasteiger partial charge in [0.2, 0.25) is 0 Å². The van der Waals surface area contributed by atoms with Gasteiger partial charge < -0.3 is 10.5 Å². The van der Waals surface area contributed by atoms with E-state index in [9.17, 15) is 4.39 Å². The van der Waals surface area contributed by atoms with Gasteiger partial charge in [0.15, 0.2) is 0 Å². The van der Waals surface area contributed by atoms with Gasteiger partial charge in [-0.3, -0.25) is 0 Å². The number of halogens is 2. The van der Waals surface area contributed by atoms with Crippen molar-refractivity contribution in [3.05, 3.63) is 52.3 Å². The molecule has 0 radical (unpaired) electrons. The first-order valence-electron chi connectivity index (χ1n) is 5.02. The fraction of sp³-hybridized carbons (Fsp3) is 0. The monoisotopic (exact) mass is 306 g/mol. The molecule has 3 nitrogen and oxygen atoms in total. The highest BCUT2D eigenvalue weighted by Crippen LogP contribution is 2.32. The van der Waals surface area contributed by atoms with Crippen molar-refractivity contribution in [3.63, 3.8) is 0 Å². The molecular weight excluding hydrogens is 299 g/mol. The number of ether oxygens (including phenoxy) is 1. The molecule has 5 heteroatoms. The number of nitriles is 1. The van der Waals surface area contributed by atoms with E-state index in [1.54, 1.807) is 18.2 Å². The van der Waals surface area contributed by atoms with Crippen LogP contribution in [0.5, 0.6) is 11.5 Å². The van der Waals surface area contributed by atoms with Crippen LogP contribution in [-0.2, 0) is 0 Å². The minimum atomic E-state index is -0.477. The second kappa shape index (κ2) is 5.07. The maximum Gasteiger partial charge on any atom is 0.145 e. The Hall–Kier alpha value is -2.06. The Labute approximate surface area is 112 Å². The first-order chi connectivity index (χ1) is 8.60. The minimum absolute atomic E-state index is 0.138. The molecule has 0 aliphatic heterocycles. The van der Waals surface area contributed by atoms with Gasteiger partial charge in [-0.15, -0.1) is 0 Å². The minimum Gasteiger partial charge on any atom is -0.455 e. The molecule has 0 aliphatic carbocycles. The predicted octanol–water partition coefficient (Wildman–Crippen LogP) is 3.83. The van der Waals surface area contributed by atoms with Crippen LogP contribution in [0, 0.1) is 17.1 Å². The smallest absolute Gasteiger partial charge is 0.145 e. The lowest BCUT2D eigenvalue weighted by atomic mass is 10.2. The van der Waals surface area contributed by atoms with E-state index in [1.165, 1.54) is 12.1 Å². The molecule has 0 aliphatic rings. The molecule has 2 rings (SSSR count). The number of hydrogen-bond acceptors (Lipinski definition) is 3. The van der Waals surface area contributed by atoms with Crippen LogP contribution in [0.1, 0.15) is 5.56 Å². The molecule has 90 valence electrons. The van der Waals surface area contributed by atoms with Crippen molar-refractivity contribution in [1.29, 1.82) is 5.26 Å². The van der Waals surface area contributed by atoms with Crippen LogP contribution in [0.4, 0.5) is 10.1 Å². The molecular formula is C13H8BrFN2O. The van der Waals surface area contributed by atoms with Crippen molar-refractivity contribution in [2.75, 3.05) is 5.73 Å². The molecule has 0 spiro atoms. The standard InChI is InChI=1S/C13H8BrFN2O/c14-11-6-10(17)2-4-13(11)18-12-3-1-9(15)5-8(12)7-16/h1-6H,17H2. The zero-order valence-electron chi connectivity index (χ0n) is 9.15. The summed E-state index contributed by atoms with van der Waals surface area (Å²) in [6, 6.07) is 10.7. The summed E-state index contributed by atoms with van der Waals surface area (Å²) in [5.41, 5.74) is 6.34. The average Bonchev–Trinajstić information content (AvgIpc) is 2.34.